The van der Waals surface area contributed by atoms with Crippen molar-refractivity contribution < 1.29 is 9.53 Å². The van der Waals surface area contributed by atoms with Gasteiger partial charge in [-0.05, 0) is 49.4 Å². The molecule has 0 heterocycles. The van der Waals surface area contributed by atoms with Crippen molar-refractivity contribution in [1.29, 1.82) is 0 Å². The fourth-order valence-corrected chi connectivity index (χ4v) is 3.35. The Hall–Kier alpha value is -1.71. The molecule has 2 aromatic rings. The molecular formula is C19H19Cl2NO2. The molecule has 0 spiro atoms. The largest absolute Gasteiger partial charge is 0.479 e. The highest BCUT2D eigenvalue weighted by Gasteiger charge is 2.24. The van der Waals surface area contributed by atoms with Crippen LogP contribution in [0.4, 0.5) is 0 Å². The lowest BCUT2D eigenvalue weighted by molar-refractivity contribution is -0.128. The molecule has 2 atom stereocenters. The van der Waals surface area contributed by atoms with E-state index in [1.54, 1.807) is 25.1 Å². The highest BCUT2D eigenvalue weighted by atomic mass is 35.5. The number of benzene rings is 2. The van der Waals surface area contributed by atoms with Crippen molar-refractivity contribution in [1.82, 2.24) is 5.32 Å². The molecule has 0 aromatic heterocycles. The molecule has 0 saturated carbocycles. The highest BCUT2D eigenvalue weighted by Crippen LogP contribution is 2.33. The van der Waals surface area contributed by atoms with Gasteiger partial charge in [-0.1, -0.05) is 53.5 Å². The number of hydrogen-bond donors (Lipinski definition) is 1. The van der Waals surface area contributed by atoms with Gasteiger partial charge < -0.3 is 10.1 Å². The number of ether oxygens (including phenoxy) is 1. The Morgan fingerprint density at radius 2 is 2.00 bits per heavy atom. The normalized spacial score (nSPS) is 17.7. The van der Waals surface area contributed by atoms with Crippen LogP contribution in [-0.2, 0) is 11.2 Å². The lowest BCUT2D eigenvalue weighted by atomic mass is 9.87. The third-order valence-electron chi connectivity index (χ3n) is 4.28. The van der Waals surface area contributed by atoms with Crippen LogP contribution in [-0.4, -0.2) is 12.0 Å². The van der Waals surface area contributed by atoms with Gasteiger partial charge in [0.25, 0.3) is 5.91 Å². The fourth-order valence-electron chi connectivity index (χ4n) is 3.01. The van der Waals surface area contributed by atoms with E-state index in [-0.39, 0.29) is 11.9 Å². The number of carbonyl (C=O) groups excluding carboxylic acids is 1. The maximum absolute atomic E-state index is 12.5. The monoisotopic (exact) mass is 363 g/mol. The molecule has 5 heteroatoms. The van der Waals surface area contributed by atoms with Crippen LogP contribution in [0.25, 0.3) is 0 Å². The van der Waals surface area contributed by atoms with Crippen molar-refractivity contribution >= 4 is 29.1 Å². The van der Waals surface area contributed by atoms with Crippen LogP contribution in [0.5, 0.6) is 5.75 Å². The summed E-state index contributed by atoms with van der Waals surface area (Å²) < 4.78 is 5.69. The van der Waals surface area contributed by atoms with Crippen LogP contribution in [0, 0.1) is 0 Å². The van der Waals surface area contributed by atoms with E-state index in [4.69, 9.17) is 27.9 Å². The number of halogens is 2. The number of hydrogen-bond acceptors (Lipinski definition) is 2. The van der Waals surface area contributed by atoms with E-state index in [1.165, 1.54) is 11.1 Å². The second-order valence-corrected chi connectivity index (χ2v) is 6.75. The van der Waals surface area contributed by atoms with Gasteiger partial charge in [-0.3, -0.25) is 4.79 Å². The summed E-state index contributed by atoms with van der Waals surface area (Å²) in [5, 5.41) is 3.82. The second-order valence-electron chi connectivity index (χ2n) is 5.96. The second kappa shape index (κ2) is 7.45. The average Bonchev–Trinajstić information content (AvgIpc) is 2.59. The molecule has 0 fully saturated rings. The molecule has 1 amide bonds. The topological polar surface area (TPSA) is 38.3 Å². The van der Waals surface area contributed by atoms with Crippen molar-refractivity contribution in [2.45, 2.75) is 38.3 Å². The van der Waals surface area contributed by atoms with E-state index in [0.717, 1.165) is 19.3 Å². The van der Waals surface area contributed by atoms with Gasteiger partial charge in [0.1, 0.15) is 10.8 Å². The molecule has 24 heavy (non-hydrogen) atoms. The van der Waals surface area contributed by atoms with Gasteiger partial charge in [-0.2, -0.15) is 0 Å². The summed E-state index contributed by atoms with van der Waals surface area (Å²) in [4.78, 5) is 12.5. The van der Waals surface area contributed by atoms with E-state index in [2.05, 4.69) is 17.4 Å². The third-order valence-corrected chi connectivity index (χ3v) is 5.08. The molecule has 0 aliphatic heterocycles. The minimum Gasteiger partial charge on any atom is -0.479 e. The lowest BCUT2D eigenvalue weighted by Crippen LogP contribution is -2.39. The van der Waals surface area contributed by atoms with E-state index in [9.17, 15) is 4.79 Å². The highest BCUT2D eigenvalue weighted by molar-refractivity contribution is 6.42. The molecule has 0 saturated heterocycles. The zero-order chi connectivity index (χ0) is 17.1. The van der Waals surface area contributed by atoms with Crippen molar-refractivity contribution in [3.63, 3.8) is 0 Å². The standard InChI is InChI=1S/C19H19Cl2NO2/c1-12(24-17-11-5-9-15(20)18(17)21)19(23)22-16-10-4-7-13-6-2-3-8-14(13)16/h2-3,5-6,8-9,11-12,16H,4,7,10H2,1H3,(H,22,23)/t12-,16-/m0/s1. The molecule has 126 valence electrons. The van der Waals surface area contributed by atoms with Crippen LogP contribution in [0.2, 0.25) is 10.0 Å². The maximum atomic E-state index is 12.5. The van der Waals surface area contributed by atoms with Gasteiger partial charge in [-0.15, -0.1) is 0 Å². The Morgan fingerprint density at radius 3 is 2.83 bits per heavy atom. The van der Waals surface area contributed by atoms with Gasteiger partial charge in [0.15, 0.2) is 6.10 Å². The number of fused-ring (bicyclic) bond motifs is 1. The molecule has 2 aromatic carbocycles. The first kappa shape index (κ1) is 17.1. The quantitative estimate of drug-likeness (QED) is 0.833. The Kier molecular flexibility index (Phi) is 5.32. The average molecular weight is 364 g/mol. The number of carbonyl (C=O) groups is 1. The van der Waals surface area contributed by atoms with E-state index < -0.39 is 6.10 Å². The van der Waals surface area contributed by atoms with Crippen LogP contribution >= 0.6 is 23.2 Å². The number of amides is 1. The molecule has 1 N–H and O–H groups in total. The number of rotatable bonds is 4. The van der Waals surface area contributed by atoms with Gasteiger partial charge in [0.05, 0.1) is 11.1 Å². The Morgan fingerprint density at radius 1 is 1.21 bits per heavy atom. The van der Waals surface area contributed by atoms with Crippen LogP contribution in [0.1, 0.15) is 36.9 Å². The summed E-state index contributed by atoms with van der Waals surface area (Å²) in [7, 11) is 0. The predicted octanol–water partition coefficient (Wildman–Crippen LogP) is 4.95. The van der Waals surface area contributed by atoms with Gasteiger partial charge in [-0.25, -0.2) is 0 Å². The van der Waals surface area contributed by atoms with Crippen molar-refractivity contribution in [2.24, 2.45) is 0 Å². The van der Waals surface area contributed by atoms with Crippen molar-refractivity contribution in [3.05, 3.63) is 63.6 Å². The first-order valence-corrected chi connectivity index (χ1v) is 8.80. The zero-order valence-corrected chi connectivity index (χ0v) is 14.9. The summed E-state index contributed by atoms with van der Waals surface area (Å²) in [6.45, 7) is 1.71. The molecule has 0 radical (unpaired) electrons. The summed E-state index contributed by atoms with van der Waals surface area (Å²) in [5.74, 6) is 0.253. The molecule has 0 bridgehead atoms. The molecule has 3 rings (SSSR count). The number of nitrogens with one attached hydrogen (secondary N) is 1. The van der Waals surface area contributed by atoms with Crippen molar-refractivity contribution in [3.8, 4) is 5.75 Å². The van der Waals surface area contributed by atoms with E-state index >= 15 is 0 Å². The smallest absolute Gasteiger partial charge is 0.261 e. The van der Waals surface area contributed by atoms with Crippen LogP contribution < -0.4 is 10.1 Å². The maximum Gasteiger partial charge on any atom is 0.261 e. The first-order valence-electron chi connectivity index (χ1n) is 8.05. The van der Waals surface area contributed by atoms with Crippen LogP contribution in [0.3, 0.4) is 0 Å². The Balaban J connectivity index is 1.68. The summed E-state index contributed by atoms with van der Waals surface area (Å²) in [6.07, 6.45) is 2.41. The molecule has 3 nitrogen and oxygen atoms in total. The summed E-state index contributed by atoms with van der Waals surface area (Å²) >= 11 is 12.1. The summed E-state index contributed by atoms with van der Waals surface area (Å²) in [6, 6.07) is 13.4. The lowest BCUT2D eigenvalue weighted by Gasteiger charge is -2.27. The van der Waals surface area contributed by atoms with Gasteiger partial charge in [0, 0.05) is 0 Å². The SMILES string of the molecule is C[C@H](Oc1cccc(Cl)c1Cl)C(=O)N[C@H]1CCCc2ccccc21. The van der Waals surface area contributed by atoms with E-state index in [1.807, 2.05) is 12.1 Å². The minimum absolute atomic E-state index is 0.0309. The Labute approximate surface area is 151 Å². The first-order chi connectivity index (χ1) is 11.6. The molecular weight excluding hydrogens is 345 g/mol. The molecule has 1 aliphatic carbocycles. The van der Waals surface area contributed by atoms with Gasteiger partial charge >= 0.3 is 0 Å². The van der Waals surface area contributed by atoms with Gasteiger partial charge in [0.2, 0.25) is 0 Å². The van der Waals surface area contributed by atoms with Crippen LogP contribution in [0.15, 0.2) is 42.5 Å². The molecule has 1 aliphatic rings. The summed E-state index contributed by atoms with van der Waals surface area (Å²) in [5.41, 5.74) is 2.51. The zero-order valence-electron chi connectivity index (χ0n) is 13.4. The van der Waals surface area contributed by atoms with Crippen molar-refractivity contribution in [2.75, 3.05) is 0 Å². The number of aryl methyl sites for hydroxylation is 1. The fraction of sp³-hybridized carbons (Fsp3) is 0.316. The van der Waals surface area contributed by atoms with E-state index in [0.29, 0.717) is 15.8 Å². The third kappa shape index (κ3) is 3.68. The Bertz CT molecular complexity index is 748. The minimum atomic E-state index is -0.657. The molecule has 0 unspecified atom stereocenters. The predicted molar refractivity (Wildman–Crippen MR) is 96.8 cm³/mol.